The molecular weight excluding hydrogens is 152 g/mol. The molecule has 2 heteroatoms. The summed E-state index contributed by atoms with van der Waals surface area (Å²) in [6.45, 7) is 8.00. The predicted octanol–water partition coefficient (Wildman–Crippen LogP) is 2.40. The van der Waals surface area contributed by atoms with Crippen molar-refractivity contribution in [3.05, 3.63) is 11.6 Å². The van der Waals surface area contributed by atoms with Crippen LogP contribution in [0.15, 0.2) is 11.6 Å². The van der Waals surface area contributed by atoms with Gasteiger partial charge in [-0.2, -0.15) is 0 Å². The van der Waals surface area contributed by atoms with Crippen LogP contribution in [-0.4, -0.2) is 13.1 Å². The fraction of sp³-hybridized carbons (Fsp3) is 0.700. The Morgan fingerprint density at radius 2 is 1.83 bits per heavy atom. The molecule has 2 nitrogen and oxygen atoms in total. The van der Waals surface area contributed by atoms with Crippen LogP contribution in [0.2, 0.25) is 0 Å². The number of hydrogen-bond donors (Lipinski definition) is 0. The summed E-state index contributed by atoms with van der Waals surface area (Å²) in [6, 6.07) is 0. The number of esters is 1. The van der Waals surface area contributed by atoms with Crippen molar-refractivity contribution in [3.8, 4) is 0 Å². The van der Waals surface area contributed by atoms with E-state index in [0.717, 1.165) is 5.57 Å². The molecule has 0 radical (unpaired) electrons. The number of methoxy groups -OCH3 is 1. The van der Waals surface area contributed by atoms with E-state index < -0.39 is 0 Å². The monoisotopic (exact) mass is 170 g/mol. The molecular formula is C10H18O2. The Labute approximate surface area is 74.6 Å². The first-order valence-electron chi connectivity index (χ1n) is 4.22. The number of ether oxygens (including phenoxy) is 1. The van der Waals surface area contributed by atoms with Gasteiger partial charge < -0.3 is 4.74 Å². The lowest BCUT2D eigenvalue weighted by Gasteiger charge is -2.14. The minimum Gasteiger partial charge on any atom is -0.469 e. The van der Waals surface area contributed by atoms with E-state index in [0.29, 0.717) is 5.92 Å². The maximum absolute atomic E-state index is 11.2. The number of carbonyl (C=O) groups excluding carboxylic acids is 1. The smallest absolute Gasteiger partial charge is 0.312 e. The number of carbonyl (C=O) groups is 1. The van der Waals surface area contributed by atoms with Gasteiger partial charge in [0, 0.05) is 0 Å². The summed E-state index contributed by atoms with van der Waals surface area (Å²) in [5, 5.41) is 0. The highest BCUT2D eigenvalue weighted by molar-refractivity contribution is 5.74. The zero-order valence-corrected chi connectivity index (χ0v) is 8.55. The van der Waals surface area contributed by atoms with E-state index >= 15 is 0 Å². The minimum absolute atomic E-state index is 0.0972. The van der Waals surface area contributed by atoms with Crippen LogP contribution in [0.4, 0.5) is 0 Å². The van der Waals surface area contributed by atoms with Crippen LogP contribution in [0.25, 0.3) is 0 Å². The van der Waals surface area contributed by atoms with Gasteiger partial charge in [0.15, 0.2) is 0 Å². The molecule has 0 amide bonds. The summed E-state index contributed by atoms with van der Waals surface area (Å²) < 4.78 is 4.69. The highest BCUT2D eigenvalue weighted by Crippen LogP contribution is 2.15. The second kappa shape index (κ2) is 4.96. The van der Waals surface area contributed by atoms with Crippen molar-refractivity contribution in [2.75, 3.05) is 7.11 Å². The Bertz CT molecular complexity index is 176. The maximum Gasteiger partial charge on any atom is 0.312 e. The summed E-state index contributed by atoms with van der Waals surface area (Å²) in [5.41, 5.74) is 1.15. The fourth-order valence-electron chi connectivity index (χ4n) is 1.03. The van der Waals surface area contributed by atoms with Crippen molar-refractivity contribution in [3.63, 3.8) is 0 Å². The molecule has 0 N–H and O–H groups in total. The first-order valence-corrected chi connectivity index (χ1v) is 4.22. The molecule has 0 heterocycles. The second-order valence-corrected chi connectivity index (χ2v) is 3.54. The zero-order valence-electron chi connectivity index (χ0n) is 8.55. The van der Waals surface area contributed by atoms with E-state index in [-0.39, 0.29) is 11.9 Å². The minimum atomic E-state index is -0.147. The van der Waals surface area contributed by atoms with Crippen LogP contribution in [0.3, 0.4) is 0 Å². The normalized spacial score (nSPS) is 12.5. The number of hydrogen-bond acceptors (Lipinski definition) is 2. The highest BCUT2D eigenvalue weighted by Gasteiger charge is 2.19. The van der Waals surface area contributed by atoms with Gasteiger partial charge >= 0.3 is 5.97 Å². The molecule has 0 aliphatic carbocycles. The van der Waals surface area contributed by atoms with E-state index in [1.165, 1.54) is 7.11 Å². The molecule has 1 atom stereocenters. The molecule has 1 unspecified atom stereocenters. The summed E-state index contributed by atoms with van der Waals surface area (Å²) in [5.74, 6) is 0.0542. The van der Waals surface area contributed by atoms with Crippen molar-refractivity contribution >= 4 is 5.97 Å². The fourth-order valence-corrected chi connectivity index (χ4v) is 1.03. The molecule has 0 aliphatic heterocycles. The lowest BCUT2D eigenvalue weighted by molar-refractivity contribution is -0.145. The quantitative estimate of drug-likeness (QED) is 0.480. The standard InChI is InChI=1S/C10H18O2/c1-7(2)6-9(8(3)4)10(11)12-5/h6,8-9H,1-5H3. The Hall–Kier alpha value is -0.790. The Balaban J connectivity index is 4.45. The van der Waals surface area contributed by atoms with Gasteiger partial charge in [-0.1, -0.05) is 25.5 Å². The van der Waals surface area contributed by atoms with Gasteiger partial charge in [0.05, 0.1) is 13.0 Å². The van der Waals surface area contributed by atoms with Crippen LogP contribution < -0.4 is 0 Å². The largest absolute Gasteiger partial charge is 0.469 e. The van der Waals surface area contributed by atoms with Crippen molar-refractivity contribution in [1.82, 2.24) is 0 Å². The average Bonchev–Trinajstić information content (AvgIpc) is 1.98. The van der Waals surface area contributed by atoms with E-state index in [9.17, 15) is 4.79 Å². The van der Waals surface area contributed by atoms with Crippen molar-refractivity contribution in [1.29, 1.82) is 0 Å². The molecule has 70 valence electrons. The molecule has 0 aromatic carbocycles. The van der Waals surface area contributed by atoms with Gasteiger partial charge in [-0.05, 0) is 19.8 Å². The van der Waals surface area contributed by atoms with Crippen molar-refractivity contribution in [2.24, 2.45) is 11.8 Å². The number of allylic oxidation sites excluding steroid dienone is 1. The molecule has 0 aromatic heterocycles. The van der Waals surface area contributed by atoms with Gasteiger partial charge in [-0.15, -0.1) is 0 Å². The van der Waals surface area contributed by atoms with Gasteiger partial charge in [0.1, 0.15) is 0 Å². The lowest BCUT2D eigenvalue weighted by Crippen LogP contribution is -2.19. The molecule has 0 bridgehead atoms. The van der Waals surface area contributed by atoms with Crippen LogP contribution in [0.5, 0.6) is 0 Å². The third-order valence-electron chi connectivity index (χ3n) is 1.70. The summed E-state index contributed by atoms with van der Waals surface area (Å²) in [4.78, 5) is 11.2. The third kappa shape index (κ3) is 3.56. The van der Waals surface area contributed by atoms with Gasteiger partial charge in [0.25, 0.3) is 0 Å². The van der Waals surface area contributed by atoms with Crippen LogP contribution >= 0.6 is 0 Å². The summed E-state index contributed by atoms with van der Waals surface area (Å²) in [7, 11) is 1.43. The zero-order chi connectivity index (χ0) is 9.72. The topological polar surface area (TPSA) is 26.3 Å². The highest BCUT2D eigenvalue weighted by atomic mass is 16.5. The van der Waals surface area contributed by atoms with Crippen LogP contribution in [0, 0.1) is 11.8 Å². The van der Waals surface area contributed by atoms with Crippen LogP contribution in [0.1, 0.15) is 27.7 Å². The van der Waals surface area contributed by atoms with Crippen molar-refractivity contribution in [2.45, 2.75) is 27.7 Å². The second-order valence-electron chi connectivity index (χ2n) is 3.54. The van der Waals surface area contributed by atoms with E-state index in [2.05, 4.69) is 0 Å². The molecule has 0 saturated heterocycles. The van der Waals surface area contributed by atoms with Crippen LogP contribution in [-0.2, 0) is 9.53 Å². The molecule has 0 spiro atoms. The first kappa shape index (κ1) is 11.2. The van der Waals surface area contributed by atoms with Gasteiger partial charge in [-0.3, -0.25) is 4.79 Å². The van der Waals surface area contributed by atoms with Crippen molar-refractivity contribution < 1.29 is 9.53 Å². The molecule has 0 aliphatic rings. The van der Waals surface area contributed by atoms with E-state index in [4.69, 9.17) is 4.74 Å². The molecule has 0 saturated carbocycles. The summed E-state index contributed by atoms with van der Waals surface area (Å²) in [6.07, 6.45) is 1.95. The maximum atomic E-state index is 11.2. The van der Waals surface area contributed by atoms with Gasteiger partial charge in [0.2, 0.25) is 0 Å². The SMILES string of the molecule is COC(=O)C(C=C(C)C)C(C)C. The lowest BCUT2D eigenvalue weighted by atomic mass is 9.94. The Morgan fingerprint density at radius 1 is 1.33 bits per heavy atom. The molecule has 0 rings (SSSR count). The number of rotatable bonds is 3. The average molecular weight is 170 g/mol. The Morgan fingerprint density at radius 3 is 2.08 bits per heavy atom. The molecule has 0 fully saturated rings. The van der Waals surface area contributed by atoms with E-state index in [1.54, 1.807) is 0 Å². The predicted molar refractivity (Wildman–Crippen MR) is 49.8 cm³/mol. The Kier molecular flexibility index (Phi) is 4.64. The molecule has 0 aromatic rings. The first-order chi connectivity index (χ1) is 5.49. The van der Waals surface area contributed by atoms with E-state index in [1.807, 2.05) is 33.8 Å². The third-order valence-corrected chi connectivity index (χ3v) is 1.70. The van der Waals surface area contributed by atoms with Gasteiger partial charge in [-0.25, -0.2) is 0 Å². The summed E-state index contributed by atoms with van der Waals surface area (Å²) >= 11 is 0. The molecule has 12 heavy (non-hydrogen) atoms.